The van der Waals surface area contributed by atoms with Crippen molar-refractivity contribution in [1.82, 2.24) is 0 Å². The molecule has 1 amide bonds. The molecule has 0 saturated carbocycles. The fraction of sp³-hybridized carbons (Fsp3) is 0.0909. The maximum absolute atomic E-state index is 11.2. The van der Waals surface area contributed by atoms with Crippen LogP contribution in [0.3, 0.4) is 0 Å². The zero-order chi connectivity index (χ0) is 13.7. The molecule has 0 aromatic heterocycles. The van der Waals surface area contributed by atoms with Crippen molar-refractivity contribution < 1.29 is 9.72 Å². The number of nitro groups is 1. The molecule has 1 aromatic rings. The molecule has 0 heterocycles. The molecule has 7 nitrogen and oxygen atoms in total. The smallest absolute Gasteiger partial charge is 0.270 e. The Bertz CT molecular complexity index is 549. The number of carbonyl (C=O) groups excluding carboxylic acids is 1. The fourth-order valence-electron chi connectivity index (χ4n) is 1.34. The highest BCUT2D eigenvalue weighted by Gasteiger charge is 2.12. The van der Waals surface area contributed by atoms with E-state index in [-0.39, 0.29) is 17.0 Å². The van der Waals surface area contributed by atoms with Crippen molar-refractivity contribution in [3.05, 3.63) is 45.5 Å². The van der Waals surface area contributed by atoms with Crippen molar-refractivity contribution in [2.75, 3.05) is 7.05 Å². The number of carbonyl (C=O) groups is 1. The van der Waals surface area contributed by atoms with Crippen molar-refractivity contribution in [3.63, 3.8) is 0 Å². The third-order valence-electron chi connectivity index (χ3n) is 2.18. The molecule has 7 heteroatoms. The lowest BCUT2D eigenvalue weighted by molar-refractivity contribution is -0.384. The zero-order valence-corrected chi connectivity index (χ0v) is 9.66. The lowest BCUT2D eigenvalue weighted by Gasteiger charge is -2.05. The van der Waals surface area contributed by atoms with Gasteiger partial charge in [-0.15, -0.1) is 0 Å². The first-order valence-corrected chi connectivity index (χ1v) is 4.94. The molecule has 0 spiro atoms. The number of nitro benzene ring substituents is 1. The van der Waals surface area contributed by atoms with E-state index in [1.165, 1.54) is 31.5 Å². The summed E-state index contributed by atoms with van der Waals surface area (Å²) in [4.78, 5) is 24.9. The summed E-state index contributed by atoms with van der Waals surface area (Å²) in [5.74, 6) is -0.746. The van der Waals surface area contributed by atoms with Crippen LogP contribution in [0.2, 0.25) is 0 Å². The first-order chi connectivity index (χ1) is 8.47. The predicted octanol–water partition coefficient (Wildman–Crippen LogP) is 0.451. The molecule has 0 bridgehead atoms. The Morgan fingerprint density at radius 1 is 1.44 bits per heavy atom. The van der Waals surface area contributed by atoms with Crippen LogP contribution in [0.1, 0.15) is 5.56 Å². The largest absolute Gasteiger partial charge is 0.398 e. The van der Waals surface area contributed by atoms with Crippen LogP contribution in [-0.2, 0) is 4.79 Å². The van der Waals surface area contributed by atoms with Crippen LogP contribution >= 0.6 is 0 Å². The predicted molar refractivity (Wildman–Crippen MR) is 67.8 cm³/mol. The highest BCUT2D eigenvalue weighted by atomic mass is 16.6. The molecular weight excluding hydrogens is 236 g/mol. The summed E-state index contributed by atoms with van der Waals surface area (Å²) < 4.78 is 0. The van der Waals surface area contributed by atoms with E-state index >= 15 is 0 Å². The Morgan fingerprint density at radius 3 is 2.61 bits per heavy atom. The van der Waals surface area contributed by atoms with Crippen LogP contribution < -0.4 is 11.5 Å². The van der Waals surface area contributed by atoms with E-state index in [2.05, 4.69) is 4.99 Å². The number of primary amides is 1. The summed E-state index contributed by atoms with van der Waals surface area (Å²) in [5, 5.41) is 10.6. The quantitative estimate of drug-likeness (QED) is 0.347. The van der Waals surface area contributed by atoms with E-state index in [1.807, 2.05) is 0 Å². The summed E-state index contributed by atoms with van der Waals surface area (Å²) in [6.07, 6.45) is 1.22. The monoisotopic (exact) mass is 248 g/mol. The van der Waals surface area contributed by atoms with Crippen LogP contribution in [0.5, 0.6) is 0 Å². The van der Waals surface area contributed by atoms with Gasteiger partial charge in [-0.05, 0) is 0 Å². The third-order valence-corrected chi connectivity index (χ3v) is 2.18. The average molecular weight is 248 g/mol. The van der Waals surface area contributed by atoms with E-state index in [1.54, 1.807) is 6.07 Å². The van der Waals surface area contributed by atoms with Gasteiger partial charge in [-0.3, -0.25) is 19.9 Å². The molecule has 94 valence electrons. The second-order valence-electron chi connectivity index (χ2n) is 3.39. The number of non-ortho nitro benzene ring substituents is 1. The summed E-state index contributed by atoms with van der Waals surface area (Å²) in [6, 6.07) is 5.62. The lowest BCUT2D eigenvalue weighted by Crippen LogP contribution is -2.19. The highest BCUT2D eigenvalue weighted by Crippen LogP contribution is 2.18. The van der Waals surface area contributed by atoms with Crippen LogP contribution in [0.4, 0.5) is 5.69 Å². The molecule has 1 rings (SSSR count). The van der Waals surface area contributed by atoms with E-state index < -0.39 is 10.8 Å². The topological polar surface area (TPSA) is 125 Å². The number of aliphatic imine (C=N–C) groups is 1. The fourth-order valence-corrected chi connectivity index (χ4v) is 1.34. The van der Waals surface area contributed by atoms with Gasteiger partial charge in [-0.2, -0.15) is 0 Å². The van der Waals surface area contributed by atoms with Gasteiger partial charge in [0.1, 0.15) is 0 Å². The average Bonchev–Trinajstić information content (AvgIpc) is 2.35. The molecule has 0 saturated heterocycles. The molecule has 0 aliphatic heterocycles. The van der Waals surface area contributed by atoms with Gasteiger partial charge in [0, 0.05) is 31.0 Å². The van der Waals surface area contributed by atoms with Crippen molar-refractivity contribution in [1.29, 1.82) is 0 Å². The van der Waals surface area contributed by atoms with Crippen molar-refractivity contribution in [2.24, 2.45) is 16.5 Å². The summed E-state index contributed by atoms with van der Waals surface area (Å²) in [6.45, 7) is 0. The standard InChI is InChI=1S/C11H12N4O3/c1-14-6-9(11(13)16)10(12)7-3-2-4-8(5-7)15(17)18/h2-6H,12H2,1H3,(H2,13,16)/b10-9+,14-6?. The van der Waals surface area contributed by atoms with Gasteiger partial charge in [0.2, 0.25) is 0 Å². The van der Waals surface area contributed by atoms with Gasteiger partial charge in [0.05, 0.1) is 16.2 Å². The minimum absolute atomic E-state index is 0.0120. The molecule has 18 heavy (non-hydrogen) atoms. The number of nitrogens with two attached hydrogens (primary N) is 2. The van der Waals surface area contributed by atoms with E-state index in [0.717, 1.165) is 0 Å². The van der Waals surface area contributed by atoms with E-state index in [0.29, 0.717) is 5.56 Å². The Labute approximate surface area is 103 Å². The molecular formula is C11H12N4O3. The number of benzene rings is 1. The molecule has 0 aliphatic carbocycles. The van der Waals surface area contributed by atoms with Crippen LogP contribution in [-0.4, -0.2) is 24.1 Å². The van der Waals surface area contributed by atoms with Crippen molar-refractivity contribution in [3.8, 4) is 0 Å². The Kier molecular flexibility index (Phi) is 4.14. The highest BCUT2D eigenvalue weighted by molar-refractivity contribution is 6.17. The molecule has 4 N–H and O–H groups in total. The molecule has 0 atom stereocenters. The van der Waals surface area contributed by atoms with E-state index in [4.69, 9.17) is 11.5 Å². The lowest BCUT2D eigenvalue weighted by atomic mass is 10.1. The maximum Gasteiger partial charge on any atom is 0.270 e. The Balaban J connectivity index is 3.35. The van der Waals surface area contributed by atoms with Gasteiger partial charge >= 0.3 is 0 Å². The number of nitrogens with zero attached hydrogens (tertiary/aromatic N) is 2. The number of hydrogen-bond acceptors (Lipinski definition) is 5. The second kappa shape index (κ2) is 5.58. The molecule has 0 aliphatic rings. The van der Waals surface area contributed by atoms with Gasteiger partial charge in [-0.25, -0.2) is 0 Å². The van der Waals surface area contributed by atoms with Crippen LogP contribution in [0, 0.1) is 10.1 Å². The van der Waals surface area contributed by atoms with Gasteiger partial charge in [0.15, 0.2) is 0 Å². The Morgan fingerprint density at radius 2 is 2.11 bits per heavy atom. The number of rotatable bonds is 4. The van der Waals surface area contributed by atoms with Crippen LogP contribution in [0.15, 0.2) is 34.8 Å². The number of hydrogen-bond donors (Lipinski definition) is 2. The maximum atomic E-state index is 11.2. The van der Waals surface area contributed by atoms with Crippen LogP contribution in [0.25, 0.3) is 5.70 Å². The SMILES string of the molecule is CN=C/C(C(N)=O)=C(\N)c1cccc([N+](=O)[O-])c1. The molecule has 0 unspecified atom stereocenters. The summed E-state index contributed by atoms with van der Waals surface area (Å²) in [7, 11) is 1.46. The van der Waals surface area contributed by atoms with Gasteiger partial charge in [0.25, 0.3) is 11.6 Å². The first-order valence-electron chi connectivity index (χ1n) is 4.94. The van der Waals surface area contributed by atoms with Gasteiger partial charge in [-0.1, -0.05) is 12.1 Å². The second-order valence-corrected chi connectivity index (χ2v) is 3.39. The minimum atomic E-state index is -0.746. The first kappa shape index (κ1) is 13.4. The zero-order valence-electron chi connectivity index (χ0n) is 9.66. The number of amides is 1. The minimum Gasteiger partial charge on any atom is -0.398 e. The molecule has 0 fully saturated rings. The van der Waals surface area contributed by atoms with E-state index in [9.17, 15) is 14.9 Å². The normalized spacial score (nSPS) is 12.3. The van der Waals surface area contributed by atoms with Gasteiger partial charge < -0.3 is 11.5 Å². The Hall–Kier alpha value is -2.70. The summed E-state index contributed by atoms with van der Waals surface area (Å²) >= 11 is 0. The summed E-state index contributed by atoms with van der Waals surface area (Å²) in [5.41, 5.74) is 11.2. The van der Waals surface area contributed by atoms with Crippen molar-refractivity contribution in [2.45, 2.75) is 0 Å². The third kappa shape index (κ3) is 2.91. The molecule has 1 aromatic carbocycles. The molecule has 0 radical (unpaired) electrons. The van der Waals surface area contributed by atoms with Crippen molar-refractivity contribution >= 4 is 23.5 Å².